The monoisotopic (exact) mass is 299 g/mol. The molecule has 0 aliphatic carbocycles. The number of aromatic nitrogens is 1. The van der Waals surface area contributed by atoms with Gasteiger partial charge in [0.05, 0.1) is 17.4 Å². The Morgan fingerprint density at radius 1 is 1.58 bits per heavy atom. The van der Waals surface area contributed by atoms with E-state index in [1.807, 2.05) is 6.92 Å². The highest BCUT2D eigenvalue weighted by atomic mass is 32.2. The number of primary amides is 1. The minimum atomic E-state index is -0.351. The van der Waals surface area contributed by atoms with E-state index in [-0.39, 0.29) is 23.5 Å². The minimum Gasteiger partial charge on any atom is -0.369 e. The van der Waals surface area contributed by atoms with Crippen molar-refractivity contribution in [2.45, 2.75) is 42.2 Å². The van der Waals surface area contributed by atoms with Gasteiger partial charge in [-0.2, -0.15) is 0 Å². The molecule has 2 rings (SSSR count). The van der Waals surface area contributed by atoms with Crippen LogP contribution < -0.4 is 11.1 Å². The van der Waals surface area contributed by atoms with E-state index in [0.29, 0.717) is 0 Å². The molecule has 1 atom stereocenters. The van der Waals surface area contributed by atoms with Crippen molar-refractivity contribution in [3.8, 4) is 0 Å². The predicted molar refractivity (Wildman–Crippen MR) is 76.3 cm³/mol. The van der Waals surface area contributed by atoms with Crippen LogP contribution in [0.2, 0.25) is 0 Å². The van der Waals surface area contributed by atoms with Crippen molar-refractivity contribution < 1.29 is 9.59 Å². The summed E-state index contributed by atoms with van der Waals surface area (Å²) in [4.78, 5) is 28.1. The Morgan fingerprint density at radius 3 is 3.11 bits per heavy atom. The van der Waals surface area contributed by atoms with E-state index in [0.717, 1.165) is 40.7 Å². The molecule has 1 unspecified atom stereocenters. The molecule has 0 aromatic carbocycles. The van der Waals surface area contributed by atoms with Gasteiger partial charge in [0.25, 0.3) is 0 Å². The highest BCUT2D eigenvalue weighted by Gasteiger charge is 2.23. The van der Waals surface area contributed by atoms with Gasteiger partial charge in [0.1, 0.15) is 0 Å². The van der Waals surface area contributed by atoms with E-state index in [4.69, 9.17) is 5.73 Å². The van der Waals surface area contributed by atoms with Gasteiger partial charge in [0, 0.05) is 11.4 Å². The number of nitrogens with one attached hydrogen (secondary N) is 1. The Kier molecular flexibility index (Phi) is 4.81. The maximum absolute atomic E-state index is 11.9. The summed E-state index contributed by atoms with van der Waals surface area (Å²) in [5, 5.41) is 2.84. The van der Waals surface area contributed by atoms with Crippen LogP contribution in [-0.4, -0.2) is 28.6 Å². The second-order valence-corrected chi connectivity index (χ2v) is 7.06. The number of nitrogens with zero attached hydrogens (tertiary/aromatic N) is 1. The van der Waals surface area contributed by atoms with Crippen molar-refractivity contribution in [1.82, 2.24) is 10.3 Å². The van der Waals surface area contributed by atoms with Gasteiger partial charge in [0.2, 0.25) is 11.8 Å². The van der Waals surface area contributed by atoms with Crippen LogP contribution >= 0.6 is 23.1 Å². The number of nitrogens with two attached hydrogens (primary N) is 1. The van der Waals surface area contributed by atoms with E-state index in [1.54, 1.807) is 0 Å². The highest BCUT2D eigenvalue weighted by molar-refractivity contribution is 8.02. The van der Waals surface area contributed by atoms with Crippen molar-refractivity contribution in [3.63, 3.8) is 0 Å². The fourth-order valence-corrected chi connectivity index (χ4v) is 4.47. The lowest BCUT2D eigenvalue weighted by Gasteiger charge is -2.09. The lowest BCUT2D eigenvalue weighted by Crippen LogP contribution is -2.30. The van der Waals surface area contributed by atoms with Crippen LogP contribution in [0.25, 0.3) is 0 Å². The van der Waals surface area contributed by atoms with Gasteiger partial charge in [-0.1, -0.05) is 18.2 Å². The quantitative estimate of drug-likeness (QED) is 0.876. The van der Waals surface area contributed by atoms with Gasteiger partial charge in [-0.25, -0.2) is 4.98 Å². The van der Waals surface area contributed by atoms with E-state index in [2.05, 4.69) is 10.3 Å². The standard InChI is InChI=1S/C12H17N3O2S2/c1-7-9(6-10(13)16)19-12(15-7)18-8-4-2-3-5-14-11(8)17/h8H,2-6H2,1H3,(H2,13,16)(H,14,17). The summed E-state index contributed by atoms with van der Waals surface area (Å²) < 4.78 is 0.843. The number of carbonyl (C=O) groups excluding carboxylic acids is 2. The van der Waals surface area contributed by atoms with Gasteiger partial charge < -0.3 is 11.1 Å². The van der Waals surface area contributed by atoms with Crippen LogP contribution in [0.15, 0.2) is 4.34 Å². The second-order valence-electron chi connectivity index (χ2n) is 4.52. The minimum absolute atomic E-state index is 0.0746. The summed E-state index contributed by atoms with van der Waals surface area (Å²) in [5.41, 5.74) is 6.03. The summed E-state index contributed by atoms with van der Waals surface area (Å²) in [6.07, 6.45) is 3.18. The number of thiazole rings is 1. The zero-order valence-corrected chi connectivity index (χ0v) is 12.4. The van der Waals surface area contributed by atoms with Crippen molar-refractivity contribution in [2.24, 2.45) is 5.73 Å². The maximum atomic E-state index is 11.9. The molecule has 104 valence electrons. The smallest absolute Gasteiger partial charge is 0.233 e. The van der Waals surface area contributed by atoms with Crippen LogP contribution in [0.4, 0.5) is 0 Å². The number of hydrogen-bond donors (Lipinski definition) is 2. The molecule has 1 aliphatic heterocycles. The molecule has 1 aromatic heterocycles. The molecule has 7 heteroatoms. The molecule has 19 heavy (non-hydrogen) atoms. The normalized spacial score (nSPS) is 19.8. The van der Waals surface area contributed by atoms with E-state index < -0.39 is 0 Å². The molecule has 0 bridgehead atoms. The van der Waals surface area contributed by atoms with Crippen LogP contribution in [-0.2, 0) is 16.0 Å². The summed E-state index contributed by atoms with van der Waals surface area (Å²) in [6, 6.07) is 0. The zero-order chi connectivity index (χ0) is 13.8. The molecule has 5 nitrogen and oxygen atoms in total. The van der Waals surface area contributed by atoms with Gasteiger partial charge in [0.15, 0.2) is 4.34 Å². The van der Waals surface area contributed by atoms with Gasteiger partial charge >= 0.3 is 0 Å². The Morgan fingerprint density at radius 2 is 2.37 bits per heavy atom. The first-order valence-corrected chi connectivity index (χ1v) is 7.95. The summed E-state index contributed by atoms with van der Waals surface area (Å²) in [5.74, 6) is -0.262. The molecule has 0 radical (unpaired) electrons. The topological polar surface area (TPSA) is 85.1 Å². The third-order valence-electron chi connectivity index (χ3n) is 2.94. The maximum Gasteiger partial charge on any atom is 0.233 e. The highest BCUT2D eigenvalue weighted by Crippen LogP contribution is 2.33. The lowest BCUT2D eigenvalue weighted by atomic mass is 10.2. The fourth-order valence-electron chi connectivity index (χ4n) is 1.92. The molecule has 2 amide bonds. The van der Waals surface area contributed by atoms with Crippen molar-refractivity contribution in [2.75, 3.05) is 6.54 Å². The largest absolute Gasteiger partial charge is 0.369 e. The number of rotatable bonds is 4. The molecule has 2 heterocycles. The first kappa shape index (κ1) is 14.3. The third kappa shape index (κ3) is 3.94. The summed E-state index contributed by atoms with van der Waals surface area (Å²) >= 11 is 2.95. The second kappa shape index (κ2) is 6.38. The van der Waals surface area contributed by atoms with Gasteiger partial charge in [-0.15, -0.1) is 11.3 Å². The average Bonchev–Trinajstić information content (AvgIpc) is 2.54. The zero-order valence-electron chi connectivity index (χ0n) is 10.8. The molecule has 0 saturated carbocycles. The third-order valence-corrected chi connectivity index (χ3v) is 5.45. The Bertz CT molecular complexity index is 487. The van der Waals surface area contributed by atoms with Crippen LogP contribution in [0.3, 0.4) is 0 Å². The van der Waals surface area contributed by atoms with Crippen molar-refractivity contribution >= 4 is 34.9 Å². The van der Waals surface area contributed by atoms with Gasteiger partial charge in [-0.3, -0.25) is 9.59 Å². The Balaban J connectivity index is 2.05. The SMILES string of the molecule is Cc1nc(SC2CCCCNC2=O)sc1CC(N)=O. The van der Waals surface area contributed by atoms with Crippen molar-refractivity contribution in [3.05, 3.63) is 10.6 Å². The molecule has 0 spiro atoms. The molecule has 1 aromatic rings. The fraction of sp³-hybridized carbons (Fsp3) is 0.583. The molecule has 1 fully saturated rings. The van der Waals surface area contributed by atoms with Gasteiger partial charge in [-0.05, 0) is 19.8 Å². The predicted octanol–water partition coefficient (Wildman–Crippen LogP) is 1.24. The summed E-state index contributed by atoms with van der Waals surface area (Å²) in [6.45, 7) is 2.63. The van der Waals surface area contributed by atoms with E-state index in [1.165, 1.54) is 23.1 Å². The van der Waals surface area contributed by atoms with Crippen LogP contribution in [0.1, 0.15) is 29.8 Å². The molecule has 1 aliphatic rings. The van der Waals surface area contributed by atoms with E-state index in [9.17, 15) is 9.59 Å². The first-order chi connectivity index (χ1) is 9.06. The number of thioether (sulfide) groups is 1. The lowest BCUT2D eigenvalue weighted by molar-refractivity contribution is -0.120. The first-order valence-electron chi connectivity index (χ1n) is 6.25. The van der Waals surface area contributed by atoms with Crippen LogP contribution in [0, 0.1) is 6.92 Å². The Labute approximate surface area is 120 Å². The van der Waals surface area contributed by atoms with E-state index >= 15 is 0 Å². The number of hydrogen-bond acceptors (Lipinski definition) is 5. The Hall–Kier alpha value is -1.08. The molecule has 3 N–H and O–H groups in total. The average molecular weight is 299 g/mol. The molecular weight excluding hydrogens is 282 g/mol. The number of aryl methyl sites for hydroxylation is 1. The number of amides is 2. The molecular formula is C12H17N3O2S2. The summed E-state index contributed by atoms with van der Waals surface area (Å²) in [7, 11) is 0. The number of carbonyl (C=O) groups is 2. The van der Waals surface area contributed by atoms with Crippen LogP contribution in [0.5, 0.6) is 0 Å². The molecule has 1 saturated heterocycles. The van der Waals surface area contributed by atoms with Crippen molar-refractivity contribution in [1.29, 1.82) is 0 Å².